The summed E-state index contributed by atoms with van der Waals surface area (Å²) in [4.78, 5) is 21.1. The Kier molecular flexibility index (Phi) is 6.05. The monoisotopic (exact) mass is 173 g/mol. The maximum Gasteiger partial charge on any atom is 0.325 e. The molecule has 0 aliphatic rings. The van der Waals surface area contributed by atoms with Crippen molar-refractivity contribution in [3.8, 4) is 0 Å². The Bertz CT molecular complexity index is 156. The fourth-order valence-electron chi connectivity index (χ4n) is 0.578. The summed E-state index contributed by atoms with van der Waals surface area (Å²) in [5.74, 6) is -0.596. The van der Waals surface area contributed by atoms with E-state index in [9.17, 15) is 9.59 Å². The topological polar surface area (TPSA) is 55.4 Å². The lowest BCUT2D eigenvalue weighted by Crippen LogP contribution is -2.28. The molecule has 0 atom stereocenters. The Morgan fingerprint density at radius 1 is 1.42 bits per heavy atom. The molecule has 0 aromatic rings. The zero-order valence-corrected chi connectivity index (χ0v) is 7.55. The summed E-state index contributed by atoms with van der Waals surface area (Å²) in [6.45, 7) is 3.79. The van der Waals surface area contributed by atoms with Gasteiger partial charge >= 0.3 is 5.97 Å². The highest BCUT2D eigenvalue weighted by atomic mass is 16.5. The molecule has 1 N–H and O–H groups in total. The van der Waals surface area contributed by atoms with Crippen LogP contribution in [0.15, 0.2) is 0 Å². The number of rotatable bonds is 5. The largest absolute Gasteiger partial charge is 0.464 e. The van der Waals surface area contributed by atoms with E-state index in [0.29, 0.717) is 6.61 Å². The van der Waals surface area contributed by atoms with Gasteiger partial charge in [-0.25, -0.2) is 0 Å². The van der Waals surface area contributed by atoms with Crippen molar-refractivity contribution in [1.82, 2.24) is 5.32 Å². The Morgan fingerprint density at radius 2 is 2.08 bits per heavy atom. The quantitative estimate of drug-likeness (QED) is 0.485. The second kappa shape index (κ2) is 6.64. The standard InChI is InChI=1S/C8H15NO3/c1-3-4-5-12-8(11)6-9-7(2)10/h3-6H2,1-2H3,(H,9,10). The van der Waals surface area contributed by atoms with E-state index in [2.05, 4.69) is 5.32 Å². The normalized spacial score (nSPS) is 9.17. The molecule has 0 saturated heterocycles. The third-order valence-electron chi connectivity index (χ3n) is 1.24. The van der Waals surface area contributed by atoms with E-state index in [1.807, 2.05) is 6.92 Å². The molecule has 0 aliphatic heterocycles. The van der Waals surface area contributed by atoms with Gasteiger partial charge in [0.1, 0.15) is 6.54 Å². The van der Waals surface area contributed by atoms with Crippen molar-refractivity contribution in [3.05, 3.63) is 0 Å². The second-order valence-corrected chi connectivity index (χ2v) is 2.48. The molecule has 0 aliphatic carbocycles. The van der Waals surface area contributed by atoms with Crippen molar-refractivity contribution in [2.75, 3.05) is 13.2 Å². The van der Waals surface area contributed by atoms with Gasteiger partial charge in [0.25, 0.3) is 0 Å². The molecule has 0 heterocycles. The van der Waals surface area contributed by atoms with Gasteiger partial charge in [-0.15, -0.1) is 0 Å². The van der Waals surface area contributed by atoms with Crippen LogP contribution in [0.25, 0.3) is 0 Å². The molecular weight excluding hydrogens is 158 g/mol. The average molecular weight is 173 g/mol. The molecule has 70 valence electrons. The van der Waals surface area contributed by atoms with Crippen LogP contribution in [0.5, 0.6) is 0 Å². The number of amides is 1. The highest BCUT2D eigenvalue weighted by Crippen LogP contribution is 1.87. The van der Waals surface area contributed by atoms with Crippen molar-refractivity contribution >= 4 is 11.9 Å². The SMILES string of the molecule is CCCCOC(=O)CNC(C)=O. The van der Waals surface area contributed by atoms with Gasteiger partial charge in [0.15, 0.2) is 0 Å². The summed E-state index contributed by atoms with van der Waals surface area (Å²) in [5, 5.41) is 2.36. The molecule has 1 amide bonds. The molecule has 0 radical (unpaired) electrons. The summed E-state index contributed by atoms with van der Waals surface area (Å²) < 4.78 is 4.78. The fraction of sp³-hybridized carbons (Fsp3) is 0.750. The van der Waals surface area contributed by atoms with Gasteiger partial charge in [-0.3, -0.25) is 9.59 Å². The second-order valence-electron chi connectivity index (χ2n) is 2.48. The Morgan fingerprint density at radius 3 is 2.58 bits per heavy atom. The first-order chi connectivity index (χ1) is 5.66. The zero-order valence-electron chi connectivity index (χ0n) is 7.55. The number of hydrogen-bond donors (Lipinski definition) is 1. The summed E-state index contributed by atoms with van der Waals surface area (Å²) in [6, 6.07) is 0. The maximum atomic E-state index is 10.8. The number of unbranched alkanes of at least 4 members (excludes halogenated alkanes) is 1. The lowest BCUT2D eigenvalue weighted by molar-refractivity contribution is -0.143. The van der Waals surface area contributed by atoms with Gasteiger partial charge in [0.2, 0.25) is 5.91 Å². The number of nitrogens with one attached hydrogen (secondary N) is 1. The molecule has 0 aromatic heterocycles. The Hall–Kier alpha value is -1.06. The van der Waals surface area contributed by atoms with Crippen LogP contribution >= 0.6 is 0 Å². The minimum atomic E-state index is -0.376. The third-order valence-corrected chi connectivity index (χ3v) is 1.24. The summed E-state index contributed by atoms with van der Waals surface area (Å²) in [5.41, 5.74) is 0. The van der Waals surface area contributed by atoms with Gasteiger partial charge in [0.05, 0.1) is 6.61 Å². The smallest absolute Gasteiger partial charge is 0.325 e. The van der Waals surface area contributed by atoms with Crippen molar-refractivity contribution in [1.29, 1.82) is 0 Å². The molecule has 0 saturated carbocycles. The number of carbonyl (C=O) groups excluding carboxylic acids is 2. The van der Waals surface area contributed by atoms with E-state index >= 15 is 0 Å². The van der Waals surface area contributed by atoms with Crippen LogP contribution in [-0.2, 0) is 14.3 Å². The van der Waals surface area contributed by atoms with Gasteiger partial charge < -0.3 is 10.1 Å². The first kappa shape index (κ1) is 10.9. The lowest BCUT2D eigenvalue weighted by atomic mass is 10.4. The minimum absolute atomic E-state index is 0.0287. The first-order valence-electron chi connectivity index (χ1n) is 4.07. The van der Waals surface area contributed by atoms with Crippen LogP contribution in [-0.4, -0.2) is 25.0 Å². The molecule has 4 nitrogen and oxygen atoms in total. The van der Waals surface area contributed by atoms with Gasteiger partial charge in [-0.1, -0.05) is 13.3 Å². The van der Waals surface area contributed by atoms with E-state index < -0.39 is 0 Å². The van der Waals surface area contributed by atoms with Crippen LogP contribution in [0.3, 0.4) is 0 Å². The van der Waals surface area contributed by atoms with Gasteiger partial charge in [-0.2, -0.15) is 0 Å². The number of ether oxygens (including phenoxy) is 1. The van der Waals surface area contributed by atoms with Crippen molar-refractivity contribution in [3.63, 3.8) is 0 Å². The molecule has 4 heteroatoms. The van der Waals surface area contributed by atoms with E-state index in [1.165, 1.54) is 6.92 Å². The van der Waals surface area contributed by atoms with Crippen LogP contribution < -0.4 is 5.32 Å². The van der Waals surface area contributed by atoms with Gasteiger partial charge in [-0.05, 0) is 6.42 Å². The number of esters is 1. The van der Waals surface area contributed by atoms with E-state index in [1.54, 1.807) is 0 Å². The molecule has 12 heavy (non-hydrogen) atoms. The lowest BCUT2D eigenvalue weighted by Gasteiger charge is -2.03. The van der Waals surface area contributed by atoms with E-state index in [0.717, 1.165) is 12.8 Å². The average Bonchev–Trinajstić information content (AvgIpc) is 2.01. The zero-order chi connectivity index (χ0) is 9.40. The highest BCUT2D eigenvalue weighted by Gasteiger charge is 2.01. The molecule has 0 unspecified atom stereocenters. The predicted molar refractivity (Wildman–Crippen MR) is 44.6 cm³/mol. The summed E-state index contributed by atoms with van der Waals surface area (Å²) >= 11 is 0. The van der Waals surface area contributed by atoms with Gasteiger partial charge in [0, 0.05) is 6.92 Å². The predicted octanol–water partition coefficient (Wildman–Crippen LogP) is 0.466. The number of hydrogen-bond acceptors (Lipinski definition) is 3. The van der Waals surface area contributed by atoms with E-state index in [-0.39, 0.29) is 18.4 Å². The van der Waals surface area contributed by atoms with Crippen molar-refractivity contribution in [2.45, 2.75) is 26.7 Å². The van der Waals surface area contributed by atoms with Crippen LogP contribution in [0.1, 0.15) is 26.7 Å². The van der Waals surface area contributed by atoms with Crippen molar-refractivity contribution < 1.29 is 14.3 Å². The maximum absolute atomic E-state index is 10.8. The van der Waals surface area contributed by atoms with Crippen LogP contribution in [0, 0.1) is 0 Å². The Labute approximate surface area is 72.3 Å². The van der Waals surface area contributed by atoms with E-state index in [4.69, 9.17) is 4.74 Å². The molecule has 0 aromatic carbocycles. The van der Waals surface area contributed by atoms with Crippen LogP contribution in [0.2, 0.25) is 0 Å². The third kappa shape index (κ3) is 7.05. The number of carbonyl (C=O) groups is 2. The summed E-state index contributed by atoms with van der Waals surface area (Å²) in [7, 11) is 0. The molecule has 0 rings (SSSR count). The van der Waals surface area contributed by atoms with Crippen LogP contribution in [0.4, 0.5) is 0 Å². The molecule has 0 fully saturated rings. The first-order valence-corrected chi connectivity index (χ1v) is 4.07. The highest BCUT2D eigenvalue weighted by molar-refractivity contribution is 5.80. The fourth-order valence-corrected chi connectivity index (χ4v) is 0.578. The molecule has 0 spiro atoms. The molecular formula is C8H15NO3. The Balaban J connectivity index is 3.28. The summed E-state index contributed by atoms with van der Waals surface area (Å²) in [6.07, 6.45) is 1.86. The minimum Gasteiger partial charge on any atom is -0.464 e. The van der Waals surface area contributed by atoms with Crippen molar-refractivity contribution in [2.24, 2.45) is 0 Å². The molecule has 0 bridgehead atoms.